The fourth-order valence-corrected chi connectivity index (χ4v) is 3.67. The van der Waals surface area contributed by atoms with Crippen LogP contribution in [0.25, 0.3) is 11.2 Å². The fourth-order valence-electron chi connectivity index (χ4n) is 3.67. The van der Waals surface area contributed by atoms with Crippen LogP contribution in [0.5, 0.6) is 11.5 Å². The van der Waals surface area contributed by atoms with Crippen LogP contribution in [0.15, 0.2) is 28.0 Å². The lowest BCUT2D eigenvalue weighted by molar-refractivity contribution is -0.116. The van der Waals surface area contributed by atoms with Crippen molar-refractivity contribution in [1.82, 2.24) is 18.7 Å². The van der Waals surface area contributed by atoms with Gasteiger partial charge >= 0.3 is 5.69 Å². The molecule has 3 aromatic rings. The van der Waals surface area contributed by atoms with Crippen molar-refractivity contribution in [3.63, 3.8) is 0 Å². The molecule has 1 aliphatic heterocycles. The zero-order valence-electron chi connectivity index (χ0n) is 17.3. The Bertz CT molecular complexity index is 1270. The highest BCUT2D eigenvalue weighted by atomic mass is 16.5. The highest BCUT2D eigenvalue weighted by Gasteiger charge is 2.23. The molecule has 0 fully saturated rings. The monoisotopic (exact) mass is 413 g/mol. The van der Waals surface area contributed by atoms with Crippen molar-refractivity contribution in [3.05, 3.63) is 44.9 Å². The van der Waals surface area contributed by atoms with Crippen molar-refractivity contribution < 1.29 is 14.3 Å². The minimum absolute atomic E-state index is 0.0700. The van der Waals surface area contributed by atoms with Crippen LogP contribution in [0.1, 0.15) is 19.4 Å². The molecule has 0 radical (unpaired) electrons. The fraction of sp³-hybridized carbons (Fsp3) is 0.400. The van der Waals surface area contributed by atoms with Crippen molar-refractivity contribution in [1.29, 1.82) is 0 Å². The largest absolute Gasteiger partial charge is 0.492 e. The van der Waals surface area contributed by atoms with Gasteiger partial charge in [-0.25, -0.2) is 9.78 Å². The van der Waals surface area contributed by atoms with Crippen LogP contribution in [0.2, 0.25) is 0 Å². The van der Waals surface area contributed by atoms with Crippen molar-refractivity contribution >= 4 is 22.8 Å². The van der Waals surface area contributed by atoms with Crippen LogP contribution >= 0.6 is 0 Å². The van der Waals surface area contributed by atoms with Crippen LogP contribution in [-0.2, 0) is 31.9 Å². The first kappa shape index (κ1) is 19.7. The summed E-state index contributed by atoms with van der Waals surface area (Å²) < 4.78 is 15.2. The molecule has 0 spiro atoms. The first-order valence-electron chi connectivity index (χ1n) is 9.67. The molecular weight excluding hydrogens is 390 g/mol. The van der Waals surface area contributed by atoms with E-state index in [-0.39, 0.29) is 29.7 Å². The van der Waals surface area contributed by atoms with Crippen LogP contribution in [-0.4, -0.2) is 37.3 Å². The Hall–Kier alpha value is -3.56. The van der Waals surface area contributed by atoms with Gasteiger partial charge in [-0.3, -0.25) is 18.7 Å². The number of nitrogens with one attached hydrogen (secondary N) is 1. The maximum atomic E-state index is 12.8. The van der Waals surface area contributed by atoms with Gasteiger partial charge in [0.2, 0.25) is 5.91 Å². The smallest absolute Gasteiger partial charge is 0.332 e. The summed E-state index contributed by atoms with van der Waals surface area (Å²) in [4.78, 5) is 41.5. The maximum absolute atomic E-state index is 12.8. The Kier molecular flexibility index (Phi) is 4.84. The van der Waals surface area contributed by atoms with Gasteiger partial charge in [0.25, 0.3) is 5.56 Å². The van der Waals surface area contributed by atoms with Gasteiger partial charge in [-0.2, -0.15) is 0 Å². The number of carbonyl (C=O) groups is 1. The predicted octanol–water partition coefficient (Wildman–Crippen LogP) is 0.794. The van der Waals surface area contributed by atoms with Gasteiger partial charge in [-0.05, 0) is 19.9 Å². The average molecular weight is 413 g/mol. The molecule has 3 heterocycles. The molecule has 1 aromatic carbocycles. The molecule has 0 saturated carbocycles. The SMILES string of the molecule is CCOc1cc2c(cc1NC(=O)Cn1cnc3c1c(=O)n(C)c(=O)n3C)OC(C)C2. The standard InChI is InChI=1S/C20H23N5O5/c1-5-29-15-7-12-6-11(2)30-14(12)8-13(15)22-16(26)9-25-10-21-18-17(25)19(27)24(4)20(28)23(18)3/h7-8,10-11H,5-6,9H2,1-4H3,(H,22,26). The lowest BCUT2D eigenvalue weighted by Crippen LogP contribution is -2.37. The molecule has 10 nitrogen and oxygen atoms in total. The molecule has 4 rings (SSSR count). The maximum Gasteiger partial charge on any atom is 0.332 e. The number of carbonyl (C=O) groups excluding carboxylic acids is 1. The highest BCUT2D eigenvalue weighted by molar-refractivity contribution is 5.93. The summed E-state index contributed by atoms with van der Waals surface area (Å²) in [5, 5.41) is 2.83. The minimum atomic E-state index is -0.506. The zero-order chi connectivity index (χ0) is 21.6. The number of imidazole rings is 1. The van der Waals surface area contributed by atoms with Gasteiger partial charge in [-0.1, -0.05) is 0 Å². The van der Waals surface area contributed by atoms with E-state index in [1.54, 1.807) is 6.07 Å². The van der Waals surface area contributed by atoms with Crippen LogP contribution < -0.4 is 26.0 Å². The van der Waals surface area contributed by atoms with Crippen LogP contribution in [0.4, 0.5) is 5.69 Å². The van der Waals surface area contributed by atoms with Gasteiger partial charge in [0, 0.05) is 32.1 Å². The zero-order valence-corrected chi connectivity index (χ0v) is 17.3. The summed E-state index contributed by atoms with van der Waals surface area (Å²) in [6.45, 7) is 4.16. The topological polar surface area (TPSA) is 109 Å². The van der Waals surface area contributed by atoms with E-state index in [4.69, 9.17) is 9.47 Å². The molecule has 1 N–H and O–H groups in total. The third-order valence-corrected chi connectivity index (χ3v) is 5.10. The number of aromatic nitrogens is 4. The third kappa shape index (κ3) is 3.23. The van der Waals surface area contributed by atoms with E-state index in [0.717, 1.165) is 22.3 Å². The number of hydrogen-bond acceptors (Lipinski definition) is 6. The molecule has 2 aromatic heterocycles. The van der Waals surface area contributed by atoms with Gasteiger partial charge in [0.1, 0.15) is 24.1 Å². The van der Waals surface area contributed by atoms with E-state index in [9.17, 15) is 14.4 Å². The van der Waals surface area contributed by atoms with Gasteiger partial charge in [-0.15, -0.1) is 0 Å². The Morgan fingerprint density at radius 1 is 1.30 bits per heavy atom. The van der Waals surface area contributed by atoms with Gasteiger partial charge < -0.3 is 19.4 Å². The van der Waals surface area contributed by atoms with E-state index in [1.165, 1.54) is 29.6 Å². The Labute approximate surface area is 171 Å². The summed E-state index contributed by atoms with van der Waals surface area (Å²) in [5.41, 5.74) is 0.967. The van der Waals surface area contributed by atoms with Crippen molar-refractivity contribution in [2.45, 2.75) is 32.9 Å². The summed E-state index contributed by atoms with van der Waals surface area (Å²) in [5.74, 6) is 0.923. The van der Waals surface area contributed by atoms with Crippen molar-refractivity contribution in [2.75, 3.05) is 11.9 Å². The number of hydrogen-bond donors (Lipinski definition) is 1. The number of anilines is 1. The highest BCUT2D eigenvalue weighted by Crippen LogP contribution is 2.38. The Morgan fingerprint density at radius 3 is 2.80 bits per heavy atom. The first-order valence-corrected chi connectivity index (χ1v) is 9.67. The van der Waals surface area contributed by atoms with Gasteiger partial charge in [0.15, 0.2) is 11.2 Å². The van der Waals surface area contributed by atoms with E-state index < -0.39 is 11.2 Å². The number of nitrogens with zero attached hydrogens (tertiary/aromatic N) is 4. The first-order chi connectivity index (χ1) is 14.3. The normalized spacial score (nSPS) is 15.1. The number of rotatable bonds is 5. The van der Waals surface area contributed by atoms with Gasteiger partial charge in [0.05, 0.1) is 18.6 Å². The molecule has 30 heavy (non-hydrogen) atoms. The Balaban J connectivity index is 1.64. The number of ether oxygens (including phenoxy) is 2. The molecule has 1 aliphatic rings. The number of fused-ring (bicyclic) bond motifs is 2. The van der Waals surface area contributed by atoms with Crippen LogP contribution in [0, 0.1) is 0 Å². The lowest BCUT2D eigenvalue weighted by Gasteiger charge is -2.14. The summed E-state index contributed by atoms with van der Waals surface area (Å²) in [6.07, 6.45) is 2.23. The molecule has 158 valence electrons. The quantitative estimate of drug-likeness (QED) is 0.663. The molecule has 0 bridgehead atoms. The van der Waals surface area contributed by atoms with E-state index in [2.05, 4.69) is 10.3 Å². The second-order valence-corrected chi connectivity index (χ2v) is 7.32. The molecule has 0 saturated heterocycles. The summed E-state index contributed by atoms with van der Waals surface area (Å²) in [6, 6.07) is 3.65. The second-order valence-electron chi connectivity index (χ2n) is 7.32. The molecular formula is C20H23N5O5. The molecule has 1 unspecified atom stereocenters. The molecule has 1 amide bonds. The molecule has 1 atom stereocenters. The average Bonchev–Trinajstić information content (AvgIpc) is 3.27. The van der Waals surface area contributed by atoms with Crippen LogP contribution in [0.3, 0.4) is 0 Å². The molecule has 10 heteroatoms. The number of aryl methyl sites for hydroxylation is 1. The number of amides is 1. The Morgan fingerprint density at radius 2 is 2.07 bits per heavy atom. The lowest BCUT2D eigenvalue weighted by atomic mass is 10.1. The second kappa shape index (κ2) is 7.36. The third-order valence-electron chi connectivity index (χ3n) is 5.10. The van der Waals surface area contributed by atoms with E-state index in [1.807, 2.05) is 19.9 Å². The van der Waals surface area contributed by atoms with Crippen molar-refractivity contribution in [2.24, 2.45) is 14.1 Å². The minimum Gasteiger partial charge on any atom is -0.492 e. The molecule has 0 aliphatic carbocycles. The number of benzene rings is 1. The predicted molar refractivity (Wildman–Crippen MR) is 110 cm³/mol. The summed E-state index contributed by atoms with van der Waals surface area (Å²) >= 11 is 0. The summed E-state index contributed by atoms with van der Waals surface area (Å²) in [7, 11) is 2.92. The van der Waals surface area contributed by atoms with E-state index in [0.29, 0.717) is 18.0 Å². The van der Waals surface area contributed by atoms with Crippen molar-refractivity contribution in [3.8, 4) is 11.5 Å². The van der Waals surface area contributed by atoms with E-state index >= 15 is 0 Å².